The molecule has 0 spiro atoms. The average Bonchev–Trinajstić information content (AvgIpc) is 2.54. The van der Waals surface area contributed by atoms with E-state index in [1.54, 1.807) is 18.5 Å². The number of aryl methyl sites for hydroxylation is 1. The van der Waals surface area contributed by atoms with Crippen LogP contribution in [0, 0.1) is 6.92 Å². The zero-order chi connectivity index (χ0) is 15.5. The van der Waals surface area contributed by atoms with Crippen molar-refractivity contribution in [2.45, 2.75) is 24.3 Å². The van der Waals surface area contributed by atoms with Crippen molar-refractivity contribution in [2.24, 2.45) is 5.73 Å². The van der Waals surface area contributed by atoms with Gasteiger partial charge >= 0.3 is 0 Å². The predicted molar refractivity (Wildman–Crippen MR) is 85.8 cm³/mol. The van der Waals surface area contributed by atoms with Gasteiger partial charge in [-0.1, -0.05) is 6.07 Å². The molecule has 0 unspecified atom stereocenters. The number of aromatic nitrogens is 1. The second-order valence-corrected chi connectivity index (χ2v) is 6.04. The molecule has 1 aliphatic heterocycles. The van der Waals surface area contributed by atoms with Gasteiger partial charge in [-0.3, -0.25) is 14.5 Å². The van der Waals surface area contributed by atoms with E-state index in [4.69, 9.17) is 10.5 Å². The van der Waals surface area contributed by atoms with Crippen LogP contribution in [0.4, 0.5) is 0 Å². The van der Waals surface area contributed by atoms with Crippen LogP contribution in [0.5, 0.6) is 5.75 Å². The molecule has 0 saturated heterocycles. The van der Waals surface area contributed by atoms with E-state index in [-0.39, 0.29) is 11.9 Å². The minimum atomic E-state index is -0.148. The maximum absolute atomic E-state index is 12.4. The van der Waals surface area contributed by atoms with Gasteiger partial charge in [-0.25, -0.2) is 0 Å². The average molecular weight is 315 g/mol. The minimum absolute atomic E-state index is 0.0224. The fourth-order valence-corrected chi connectivity index (χ4v) is 2.97. The van der Waals surface area contributed by atoms with Crippen molar-refractivity contribution in [2.75, 3.05) is 6.61 Å². The third kappa shape index (κ3) is 3.08. The number of nitrogens with zero attached hydrogens (tertiary/aromatic N) is 1. The van der Waals surface area contributed by atoms with Crippen molar-refractivity contribution in [3.8, 4) is 5.75 Å². The van der Waals surface area contributed by atoms with Gasteiger partial charge in [0.2, 0.25) is 0 Å². The van der Waals surface area contributed by atoms with Gasteiger partial charge < -0.3 is 10.5 Å². The van der Waals surface area contributed by atoms with Crippen molar-refractivity contribution < 1.29 is 9.53 Å². The molecule has 1 aromatic carbocycles. The van der Waals surface area contributed by atoms with Crippen LogP contribution < -0.4 is 15.2 Å². The highest BCUT2D eigenvalue weighted by Crippen LogP contribution is 2.33. The summed E-state index contributed by atoms with van der Waals surface area (Å²) in [5.74, 6) is 0.563. The molecule has 2 aromatic rings. The lowest BCUT2D eigenvalue weighted by molar-refractivity contribution is 0.0983. The molecular formula is C16H17N3O2S. The van der Waals surface area contributed by atoms with E-state index in [2.05, 4.69) is 9.71 Å². The molecule has 1 aliphatic rings. The molecule has 1 atom stereocenters. The van der Waals surface area contributed by atoms with Gasteiger partial charge in [0.15, 0.2) is 0 Å². The fraction of sp³-hybridized carbons (Fsp3) is 0.250. The third-order valence-corrected chi connectivity index (χ3v) is 4.39. The Kier molecular flexibility index (Phi) is 4.31. The Morgan fingerprint density at radius 1 is 1.41 bits per heavy atom. The zero-order valence-corrected chi connectivity index (χ0v) is 13.0. The molecule has 0 radical (unpaired) electrons. The smallest absolute Gasteiger partial charge is 0.261 e. The fourth-order valence-electron chi connectivity index (χ4n) is 2.39. The second kappa shape index (κ2) is 6.37. The first-order chi connectivity index (χ1) is 10.6. The minimum Gasteiger partial charge on any atom is -0.493 e. The summed E-state index contributed by atoms with van der Waals surface area (Å²) in [6.45, 7) is 2.50. The molecular weight excluding hydrogens is 298 g/mol. The number of ether oxygens (including phenoxy) is 1. The lowest BCUT2D eigenvalue weighted by atomic mass is 9.96. The summed E-state index contributed by atoms with van der Waals surface area (Å²) in [4.78, 5) is 17.2. The number of benzene rings is 1. The molecule has 0 fully saturated rings. The molecule has 3 rings (SSSR count). The first-order valence-electron chi connectivity index (χ1n) is 7.05. The Balaban J connectivity index is 1.78. The van der Waals surface area contributed by atoms with Gasteiger partial charge in [-0.15, -0.1) is 0 Å². The highest BCUT2D eigenvalue weighted by molar-refractivity contribution is 7.98. The van der Waals surface area contributed by atoms with Crippen molar-refractivity contribution in [3.63, 3.8) is 0 Å². The summed E-state index contributed by atoms with van der Waals surface area (Å²) in [5.41, 5.74) is 8.56. The zero-order valence-electron chi connectivity index (χ0n) is 12.2. The number of pyridine rings is 1. The van der Waals surface area contributed by atoms with E-state index in [1.165, 1.54) is 11.9 Å². The van der Waals surface area contributed by atoms with Crippen LogP contribution in [0.15, 0.2) is 41.6 Å². The Bertz CT molecular complexity index is 691. The van der Waals surface area contributed by atoms with Gasteiger partial charge in [0, 0.05) is 40.9 Å². The maximum atomic E-state index is 12.4. The number of nitrogens with two attached hydrogens (primary N) is 1. The van der Waals surface area contributed by atoms with Crippen molar-refractivity contribution in [3.05, 3.63) is 53.3 Å². The number of amides is 1. The Morgan fingerprint density at radius 2 is 2.18 bits per heavy atom. The highest BCUT2D eigenvalue weighted by atomic mass is 32.2. The standard InChI is InChI=1S/C16H17N3O2S/c1-10-8-13-14(17)4-7-21-15(13)9-12(10)16(20)19-22-11-2-5-18-6-3-11/h2-3,5-6,8-9,14H,4,7,17H2,1H3,(H,19,20)/t14-/m0/s1. The summed E-state index contributed by atoms with van der Waals surface area (Å²) in [5, 5.41) is 0. The van der Waals surface area contributed by atoms with Crippen LogP contribution >= 0.6 is 11.9 Å². The molecule has 2 heterocycles. The molecule has 1 aromatic heterocycles. The lowest BCUT2D eigenvalue weighted by Crippen LogP contribution is -2.23. The Labute approximate surface area is 133 Å². The summed E-state index contributed by atoms with van der Waals surface area (Å²) >= 11 is 1.26. The lowest BCUT2D eigenvalue weighted by Gasteiger charge is -2.24. The molecule has 0 bridgehead atoms. The van der Waals surface area contributed by atoms with Crippen LogP contribution in [0.2, 0.25) is 0 Å². The van der Waals surface area contributed by atoms with Crippen LogP contribution in [0.3, 0.4) is 0 Å². The van der Waals surface area contributed by atoms with Gasteiger partial charge in [-0.2, -0.15) is 0 Å². The highest BCUT2D eigenvalue weighted by Gasteiger charge is 2.21. The number of nitrogens with one attached hydrogen (secondary N) is 1. The van der Waals surface area contributed by atoms with Gasteiger partial charge in [-0.05, 0) is 42.6 Å². The van der Waals surface area contributed by atoms with E-state index in [0.717, 1.165) is 22.4 Å². The van der Waals surface area contributed by atoms with Crippen LogP contribution in [-0.4, -0.2) is 17.5 Å². The number of rotatable bonds is 3. The van der Waals surface area contributed by atoms with Crippen LogP contribution in [0.25, 0.3) is 0 Å². The summed E-state index contributed by atoms with van der Waals surface area (Å²) in [6.07, 6.45) is 4.18. The number of carbonyl (C=O) groups excluding carboxylic acids is 1. The first kappa shape index (κ1) is 14.9. The van der Waals surface area contributed by atoms with E-state index in [9.17, 15) is 4.79 Å². The van der Waals surface area contributed by atoms with Crippen LogP contribution in [-0.2, 0) is 0 Å². The monoisotopic (exact) mass is 315 g/mol. The molecule has 0 saturated carbocycles. The van der Waals surface area contributed by atoms with E-state index < -0.39 is 0 Å². The van der Waals surface area contributed by atoms with Crippen LogP contribution in [0.1, 0.15) is 33.9 Å². The Hall–Kier alpha value is -2.05. The first-order valence-corrected chi connectivity index (χ1v) is 7.87. The van der Waals surface area contributed by atoms with E-state index >= 15 is 0 Å². The number of hydrogen-bond donors (Lipinski definition) is 2. The number of fused-ring (bicyclic) bond motifs is 1. The van der Waals surface area contributed by atoms with E-state index in [0.29, 0.717) is 17.9 Å². The predicted octanol–water partition coefficient (Wildman–Crippen LogP) is 2.61. The summed E-state index contributed by atoms with van der Waals surface area (Å²) < 4.78 is 8.46. The van der Waals surface area contributed by atoms with Gasteiger partial charge in [0.25, 0.3) is 5.91 Å². The normalized spacial score (nSPS) is 16.5. The molecule has 1 amide bonds. The molecule has 6 heteroatoms. The van der Waals surface area contributed by atoms with Crippen molar-refractivity contribution >= 4 is 17.9 Å². The molecule has 0 aliphatic carbocycles. The van der Waals surface area contributed by atoms with Crippen molar-refractivity contribution in [1.82, 2.24) is 9.71 Å². The van der Waals surface area contributed by atoms with Gasteiger partial charge in [0.1, 0.15) is 5.75 Å². The van der Waals surface area contributed by atoms with Gasteiger partial charge in [0.05, 0.1) is 6.61 Å². The maximum Gasteiger partial charge on any atom is 0.261 e. The number of hydrogen-bond acceptors (Lipinski definition) is 5. The number of carbonyl (C=O) groups is 1. The summed E-state index contributed by atoms with van der Waals surface area (Å²) in [6, 6.07) is 7.39. The SMILES string of the molecule is Cc1cc2c(cc1C(=O)NSc1ccncc1)OCC[C@@H]2N. The second-order valence-electron chi connectivity index (χ2n) is 5.16. The summed E-state index contributed by atoms with van der Waals surface area (Å²) in [7, 11) is 0. The quantitative estimate of drug-likeness (QED) is 0.851. The molecule has 5 nitrogen and oxygen atoms in total. The largest absolute Gasteiger partial charge is 0.493 e. The van der Waals surface area contributed by atoms with Crippen molar-refractivity contribution in [1.29, 1.82) is 0 Å². The van der Waals surface area contributed by atoms with E-state index in [1.807, 2.05) is 25.1 Å². The Morgan fingerprint density at radius 3 is 2.95 bits per heavy atom. The molecule has 22 heavy (non-hydrogen) atoms. The topological polar surface area (TPSA) is 77.2 Å². The third-order valence-electron chi connectivity index (χ3n) is 3.60. The molecule has 3 N–H and O–H groups in total. The molecule has 114 valence electrons.